The minimum Gasteiger partial charge on any atom is -0.456 e. The van der Waals surface area contributed by atoms with Gasteiger partial charge < -0.3 is 18.6 Å². The smallest absolute Gasteiger partial charge is 0.252 e. The van der Waals surface area contributed by atoms with E-state index in [1.807, 2.05) is 12.1 Å². The van der Waals surface area contributed by atoms with E-state index in [2.05, 4.69) is 204 Å². The third-order valence-electron chi connectivity index (χ3n) is 13.4. The molecular formula is C57H47BN2O2. The topological polar surface area (TPSA) is 32.8 Å². The highest BCUT2D eigenvalue weighted by Gasteiger charge is 2.44. The summed E-state index contributed by atoms with van der Waals surface area (Å²) in [4.78, 5) is 5.00. The summed E-state index contributed by atoms with van der Waals surface area (Å²) in [6.07, 6.45) is 0. The molecule has 0 bridgehead atoms. The summed E-state index contributed by atoms with van der Waals surface area (Å²) >= 11 is 0. The first-order valence-corrected chi connectivity index (χ1v) is 21.9. The van der Waals surface area contributed by atoms with Gasteiger partial charge in [-0.25, -0.2) is 0 Å². The summed E-state index contributed by atoms with van der Waals surface area (Å²) in [5.74, 6) is 0. The van der Waals surface area contributed by atoms with Gasteiger partial charge in [-0.3, -0.25) is 0 Å². The lowest BCUT2D eigenvalue weighted by Crippen LogP contribution is -2.61. The largest absolute Gasteiger partial charge is 0.456 e. The molecule has 0 unspecified atom stereocenters. The Morgan fingerprint density at radius 2 is 0.968 bits per heavy atom. The lowest BCUT2D eigenvalue weighted by molar-refractivity contribution is 0.590. The second-order valence-electron chi connectivity index (χ2n) is 19.5. The molecule has 0 amide bonds. The fourth-order valence-corrected chi connectivity index (χ4v) is 10.2. The first-order valence-electron chi connectivity index (χ1n) is 21.9. The van der Waals surface area contributed by atoms with Gasteiger partial charge in [0, 0.05) is 50.0 Å². The van der Waals surface area contributed by atoms with Crippen LogP contribution in [0.2, 0.25) is 0 Å². The zero-order chi connectivity index (χ0) is 42.2. The van der Waals surface area contributed by atoms with Crippen LogP contribution in [0.4, 0.5) is 34.1 Å². The van der Waals surface area contributed by atoms with Crippen molar-refractivity contribution in [2.24, 2.45) is 0 Å². The Bertz CT molecular complexity index is 3470. The quantitative estimate of drug-likeness (QED) is 0.167. The van der Waals surface area contributed by atoms with Crippen LogP contribution in [0, 0.1) is 6.92 Å². The van der Waals surface area contributed by atoms with Gasteiger partial charge in [0.05, 0.1) is 5.69 Å². The van der Waals surface area contributed by atoms with Crippen molar-refractivity contribution in [2.75, 3.05) is 9.80 Å². The molecule has 0 fully saturated rings. The third kappa shape index (κ3) is 5.47. The van der Waals surface area contributed by atoms with Crippen molar-refractivity contribution in [1.82, 2.24) is 0 Å². The molecule has 0 N–H and O–H groups in total. The number of aryl methyl sites for hydroxylation is 1. The van der Waals surface area contributed by atoms with E-state index in [0.29, 0.717) is 0 Å². The Hall–Kier alpha value is -6.98. The molecule has 10 aromatic rings. The summed E-state index contributed by atoms with van der Waals surface area (Å²) in [6, 6.07) is 58.2. The van der Waals surface area contributed by atoms with Gasteiger partial charge in [0.25, 0.3) is 6.71 Å². The zero-order valence-corrected chi connectivity index (χ0v) is 36.3. The fourth-order valence-electron chi connectivity index (χ4n) is 10.2. The number of hydrogen-bond acceptors (Lipinski definition) is 4. The van der Waals surface area contributed by atoms with Gasteiger partial charge in [0.2, 0.25) is 0 Å². The molecule has 0 radical (unpaired) electrons. The van der Waals surface area contributed by atoms with Gasteiger partial charge in [0.1, 0.15) is 16.7 Å². The van der Waals surface area contributed by atoms with E-state index in [1.165, 1.54) is 67.0 Å². The molecule has 0 saturated carbocycles. The SMILES string of the molecule is Cc1cc2c3c(c1)N(c1cccc4c1oc1ccccc14)c1ccc(C(C)(C)C)cc1B3c1cc(C(C)(C)C)ccc1N2c1ccc(-c2ccc3oc4ccccc4c3c2)cc1. The van der Waals surface area contributed by atoms with Crippen LogP contribution in [0.5, 0.6) is 0 Å². The second kappa shape index (κ2) is 13.0. The number of nitrogens with zero attached hydrogens (tertiary/aromatic N) is 2. The number of anilines is 6. The third-order valence-corrected chi connectivity index (χ3v) is 13.4. The Balaban J connectivity index is 1.10. The fraction of sp³-hybridized carbons (Fsp3) is 0.158. The van der Waals surface area contributed by atoms with Gasteiger partial charge in [0.15, 0.2) is 5.58 Å². The highest BCUT2D eigenvalue weighted by atomic mass is 16.3. The maximum Gasteiger partial charge on any atom is 0.252 e. The molecule has 2 aliphatic rings. The first-order chi connectivity index (χ1) is 29.9. The molecule has 300 valence electrons. The molecule has 2 aliphatic heterocycles. The molecule has 12 rings (SSSR count). The molecule has 2 aromatic heterocycles. The molecule has 8 aromatic carbocycles. The predicted molar refractivity (Wildman–Crippen MR) is 263 cm³/mol. The monoisotopic (exact) mass is 802 g/mol. The molecule has 0 aliphatic carbocycles. The summed E-state index contributed by atoms with van der Waals surface area (Å²) in [5, 5.41) is 4.53. The molecule has 0 atom stereocenters. The first kappa shape index (κ1) is 36.8. The van der Waals surface area contributed by atoms with Crippen LogP contribution in [-0.4, -0.2) is 6.71 Å². The van der Waals surface area contributed by atoms with Crippen LogP contribution in [0.1, 0.15) is 58.2 Å². The number of para-hydroxylation sites is 3. The van der Waals surface area contributed by atoms with Gasteiger partial charge in [-0.15, -0.1) is 0 Å². The molecule has 4 heterocycles. The van der Waals surface area contributed by atoms with E-state index in [0.717, 1.165) is 55.3 Å². The molecule has 0 saturated heterocycles. The lowest BCUT2D eigenvalue weighted by Gasteiger charge is -2.45. The molecule has 5 heteroatoms. The molecular weight excluding hydrogens is 755 g/mol. The summed E-state index contributed by atoms with van der Waals surface area (Å²) in [7, 11) is 0. The average molecular weight is 803 g/mol. The highest BCUT2D eigenvalue weighted by molar-refractivity contribution is 7.00. The van der Waals surface area contributed by atoms with E-state index in [9.17, 15) is 0 Å². The normalized spacial score (nSPS) is 13.6. The van der Waals surface area contributed by atoms with Crippen LogP contribution in [0.3, 0.4) is 0 Å². The molecule has 4 nitrogen and oxygen atoms in total. The van der Waals surface area contributed by atoms with Crippen molar-refractivity contribution in [3.63, 3.8) is 0 Å². The van der Waals surface area contributed by atoms with E-state index in [4.69, 9.17) is 8.83 Å². The van der Waals surface area contributed by atoms with Crippen molar-refractivity contribution in [1.29, 1.82) is 0 Å². The van der Waals surface area contributed by atoms with Gasteiger partial charge in [-0.2, -0.15) is 0 Å². The van der Waals surface area contributed by atoms with Crippen LogP contribution in [0.15, 0.2) is 167 Å². The standard InChI is InChI=1S/C57H47BN2O2/c1-34-29-49-54-50(30-34)60(48-16-12-15-42-40-13-8-11-18-52(40)62-55(42)48)47-27-23-38(57(5,6)7)33-45(47)58(54)44-32-37(56(2,3)4)22-26-46(44)59(49)39-24-19-35(20-25-39)36-21-28-53-43(31-36)41-14-9-10-17-51(41)61-53/h8-33H,1-7H3. The van der Waals surface area contributed by atoms with E-state index < -0.39 is 0 Å². The van der Waals surface area contributed by atoms with E-state index in [1.54, 1.807) is 0 Å². The average Bonchev–Trinajstić information content (AvgIpc) is 3.84. The van der Waals surface area contributed by atoms with E-state index >= 15 is 0 Å². The number of furan rings is 2. The highest BCUT2D eigenvalue weighted by Crippen LogP contribution is 2.48. The maximum absolute atomic E-state index is 6.80. The number of rotatable bonds is 3. The van der Waals surface area contributed by atoms with Gasteiger partial charge >= 0.3 is 0 Å². The minimum atomic E-state index is -0.0389. The van der Waals surface area contributed by atoms with Crippen molar-refractivity contribution in [2.45, 2.75) is 59.3 Å². The van der Waals surface area contributed by atoms with Gasteiger partial charge in [-0.05, 0) is 129 Å². The Labute approximate surface area is 363 Å². The zero-order valence-electron chi connectivity index (χ0n) is 36.3. The molecule has 62 heavy (non-hydrogen) atoms. The van der Waals surface area contributed by atoms with Gasteiger partial charge in [-0.1, -0.05) is 133 Å². The Kier molecular flexibility index (Phi) is 7.73. The van der Waals surface area contributed by atoms with Crippen molar-refractivity contribution < 1.29 is 8.83 Å². The number of fused-ring (bicyclic) bond motifs is 10. The second-order valence-corrected chi connectivity index (χ2v) is 19.5. The Morgan fingerprint density at radius 1 is 0.419 bits per heavy atom. The summed E-state index contributed by atoms with van der Waals surface area (Å²) in [6.45, 7) is 16.2. The van der Waals surface area contributed by atoms with Crippen LogP contribution in [0.25, 0.3) is 55.0 Å². The van der Waals surface area contributed by atoms with E-state index in [-0.39, 0.29) is 17.5 Å². The van der Waals surface area contributed by atoms with Crippen LogP contribution < -0.4 is 26.2 Å². The summed E-state index contributed by atoms with van der Waals surface area (Å²) in [5.41, 5.74) is 20.6. The van der Waals surface area contributed by atoms with Crippen LogP contribution in [-0.2, 0) is 10.8 Å². The number of benzene rings is 8. The van der Waals surface area contributed by atoms with Crippen molar-refractivity contribution >= 4 is 101 Å². The molecule has 0 spiro atoms. The minimum absolute atomic E-state index is 0.00774. The van der Waals surface area contributed by atoms with Crippen LogP contribution >= 0.6 is 0 Å². The summed E-state index contributed by atoms with van der Waals surface area (Å²) < 4.78 is 13.0. The number of hydrogen-bond donors (Lipinski definition) is 0. The maximum atomic E-state index is 6.80. The van der Waals surface area contributed by atoms with Crippen molar-refractivity contribution in [3.8, 4) is 11.1 Å². The Morgan fingerprint density at radius 3 is 1.63 bits per heavy atom. The predicted octanol–water partition coefficient (Wildman–Crippen LogP) is 14.1. The lowest BCUT2D eigenvalue weighted by atomic mass is 9.33. The van der Waals surface area contributed by atoms with Crippen molar-refractivity contribution in [3.05, 3.63) is 174 Å².